The molecule has 1 amide bonds. The number of anilines is 2. The van der Waals surface area contributed by atoms with Gasteiger partial charge >= 0.3 is 0 Å². The number of carbonyl (C=O) groups is 1. The van der Waals surface area contributed by atoms with Gasteiger partial charge in [0.05, 0.1) is 12.4 Å². The normalized spacial score (nSPS) is 16.0. The lowest BCUT2D eigenvalue weighted by Crippen LogP contribution is -2.36. The van der Waals surface area contributed by atoms with Crippen LogP contribution in [-0.2, 0) is 10.0 Å². The molecule has 0 atom stereocenters. The highest BCUT2D eigenvalue weighted by Crippen LogP contribution is 2.29. The third-order valence-corrected chi connectivity index (χ3v) is 5.51. The Morgan fingerprint density at radius 3 is 2.44 bits per heavy atom. The lowest BCUT2D eigenvalue weighted by molar-refractivity contribution is 0.102. The SMILES string of the molecule is CN1CNc2ccc(C(=O)Nc3cc(F)c(F)c(F)c3)cc2S1(=O)=O. The van der Waals surface area contributed by atoms with Crippen molar-refractivity contribution in [1.29, 1.82) is 0 Å². The topological polar surface area (TPSA) is 78.5 Å². The van der Waals surface area contributed by atoms with Crippen LogP contribution in [-0.4, -0.2) is 32.3 Å². The van der Waals surface area contributed by atoms with Gasteiger partial charge in [0, 0.05) is 30.4 Å². The van der Waals surface area contributed by atoms with E-state index in [1.807, 2.05) is 0 Å². The van der Waals surface area contributed by atoms with E-state index in [2.05, 4.69) is 10.6 Å². The predicted molar refractivity (Wildman–Crippen MR) is 84.1 cm³/mol. The summed E-state index contributed by atoms with van der Waals surface area (Å²) >= 11 is 0. The monoisotopic (exact) mass is 371 g/mol. The predicted octanol–water partition coefficient (Wildman–Crippen LogP) is 2.36. The van der Waals surface area contributed by atoms with E-state index < -0.39 is 33.4 Å². The molecule has 0 aromatic heterocycles. The summed E-state index contributed by atoms with van der Waals surface area (Å²) in [6.45, 7) is 0.0923. The average molecular weight is 371 g/mol. The molecule has 0 saturated carbocycles. The molecule has 0 aliphatic carbocycles. The zero-order valence-corrected chi connectivity index (χ0v) is 13.6. The Bertz CT molecular complexity index is 956. The molecular weight excluding hydrogens is 359 g/mol. The number of hydrogen-bond donors (Lipinski definition) is 2. The first kappa shape index (κ1) is 17.2. The van der Waals surface area contributed by atoms with E-state index in [4.69, 9.17) is 0 Å². The van der Waals surface area contributed by atoms with Gasteiger partial charge in [-0.15, -0.1) is 0 Å². The van der Waals surface area contributed by atoms with Gasteiger partial charge in [0.25, 0.3) is 5.91 Å². The van der Waals surface area contributed by atoms with Crippen molar-refractivity contribution < 1.29 is 26.4 Å². The quantitative estimate of drug-likeness (QED) is 0.795. The second kappa shape index (κ2) is 6.05. The highest BCUT2D eigenvalue weighted by molar-refractivity contribution is 7.89. The molecule has 2 aromatic carbocycles. The maximum atomic E-state index is 13.2. The molecule has 1 aliphatic heterocycles. The Morgan fingerprint density at radius 1 is 1.16 bits per heavy atom. The van der Waals surface area contributed by atoms with Crippen LogP contribution < -0.4 is 10.6 Å². The minimum atomic E-state index is -3.75. The van der Waals surface area contributed by atoms with Crippen molar-refractivity contribution in [2.75, 3.05) is 24.3 Å². The number of benzene rings is 2. The summed E-state index contributed by atoms with van der Waals surface area (Å²) in [5.41, 5.74) is 0.00954. The number of sulfonamides is 1. The van der Waals surface area contributed by atoms with E-state index in [-0.39, 0.29) is 22.8 Å². The molecule has 0 radical (unpaired) electrons. The van der Waals surface area contributed by atoms with Crippen LogP contribution in [0.25, 0.3) is 0 Å². The number of rotatable bonds is 2. The van der Waals surface area contributed by atoms with Crippen LogP contribution in [0.15, 0.2) is 35.2 Å². The first-order valence-electron chi connectivity index (χ1n) is 7.00. The molecule has 2 N–H and O–H groups in total. The smallest absolute Gasteiger partial charge is 0.255 e. The molecule has 0 spiro atoms. The van der Waals surface area contributed by atoms with E-state index in [0.29, 0.717) is 17.8 Å². The fourth-order valence-corrected chi connectivity index (χ4v) is 3.57. The molecule has 0 saturated heterocycles. The number of hydrogen-bond acceptors (Lipinski definition) is 4. The van der Waals surface area contributed by atoms with Gasteiger partial charge in [0.2, 0.25) is 10.0 Å². The molecule has 25 heavy (non-hydrogen) atoms. The zero-order valence-electron chi connectivity index (χ0n) is 12.8. The third kappa shape index (κ3) is 3.05. The molecule has 3 rings (SSSR count). The highest BCUT2D eigenvalue weighted by atomic mass is 32.2. The first-order valence-corrected chi connectivity index (χ1v) is 8.44. The van der Waals surface area contributed by atoms with Gasteiger partial charge < -0.3 is 10.6 Å². The van der Waals surface area contributed by atoms with Crippen molar-refractivity contribution in [2.45, 2.75) is 4.90 Å². The van der Waals surface area contributed by atoms with Crippen LogP contribution in [0.1, 0.15) is 10.4 Å². The van der Waals surface area contributed by atoms with E-state index >= 15 is 0 Å². The molecule has 132 valence electrons. The summed E-state index contributed by atoms with van der Waals surface area (Å²) in [7, 11) is -2.37. The van der Waals surface area contributed by atoms with Crippen LogP contribution in [0.4, 0.5) is 24.5 Å². The molecule has 0 fully saturated rings. The van der Waals surface area contributed by atoms with Crippen LogP contribution in [0.3, 0.4) is 0 Å². The van der Waals surface area contributed by atoms with E-state index in [1.54, 1.807) is 0 Å². The summed E-state index contributed by atoms with van der Waals surface area (Å²) in [6.07, 6.45) is 0. The number of fused-ring (bicyclic) bond motifs is 1. The second-order valence-electron chi connectivity index (χ2n) is 5.36. The lowest BCUT2D eigenvalue weighted by atomic mass is 10.2. The molecule has 0 bridgehead atoms. The largest absolute Gasteiger partial charge is 0.370 e. The lowest BCUT2D eigenvalue weighted by Gasteiger charge is -2.26. The molecule has 1 heterocycles. The minimum absolute atomic E-state index is 0.0374. The molecular formula is C15H12F3N3O3S. The number of nitrogens with one attached hydrogen (secondary N) is 2. The van der Waals surface area contributed by atoms with Crippen LogP contribution in [0.2, 0.25) is 0 Å². The van der Waals surface area contributed by atoms with Gasteiger partial charge in [-0.05, 0) is 18.2 Å². The molecule has 0 unspecified atom stereocenters. The second-order valence-corrected chi connectivity index (χ2v) is 7.37. The standard InChI is InChI=1S/C15H12F3N3O3S/c1-21-7-19-12-3-2-8(4-13(12)25(21,23)24)15(22)20-9-5-10(16)14(18)11(17)6-9/h2-6,19H,7H2,1H3,(H,20,22). The van der Waals surface area contributed by atoms with Gasteiger partial charge in [0.15, 0.2) is 17.5 Å². The Hall–Kier alpha value is -2.59. The van der Waals surface area contributed by atoms with E-state index in [9.17, 15) is 26.4 Å². The van der Waals surface area contributed by atoms with Gasteiger partial charge in [-0.3, -0.25) is 4.79 Å². The van der Waals surface area contributed by atoms with Crippen LogP contribution in [0.5, 0.6) is 0 Å². The molecule has 6 nitrogen and oxygen atoms in total. The molecule has 10 heteroatoms. The van der Waals surface area contributed by atoms with Gasteiger partial charge in [-0.2, -0.15) is 4.31 Å². The van der Waals surface area contributed by atoms with Gasteiger partial charge in [-0.1, -0.05) is 0 Å². The van der Waals surface area contributed by atoms with E-state index in [1.165, 1.54) is 19.2 Å². The number of carbonyl (C=O) groups excluding carboxylic acids is 1. The first-order chi connectivity index (χ1) is 11.7. The highest BCUT2D eigenvalue weighted by Gasteiger charge is 2.29. The van der Waals surface area contributed by atoms with Crippen molar-refractivity contribution >= 4 is 27.3 Å². The maximum Gasteiger partial charge on any atom is 0.255 e. The zero-order chi connectivity index (χ0) is 18.4. The maximum absolute atomic E-state index is 13.2. The van der Waals surface area contributed by atoms with Crippen molar-refractivity contribution in [1.82, 2.24) is 4.31 Å². The average Bonchev–Trinajstić information content (AvgIpc) is 2.56. The fourth-order valence-electron chi connectivity index (χ4n) is 2.30. The summed E-state index contributed by atoms with van der Waals surface area (Å²) in [5, 5.41) is 5.08. The van der Waals surface area contributed by atoms with Crippen molar-refractivity contribution in [2.24, 2.45) is 0 Å². The van der Waals surface area contributed by atoms with Crippen LogP contribution >= 0.6 is 0 Å². The number of nitrogens with zero attached hydrogens (tertiary/aromatic N) is 1. The summed E-state index contributed by atoms with van der Waals surface area (Å²) in [4.78, 5) is 12.1. The molecule has 2 aromatic rings. The van der Waals surface area contributed by atoms with E-state index in [0.717, 1.165) is 10.4 Å². The minimum Gasteiger partial charge on any atom is -0.370 e. The Kier molecular flexibility index (Phi) is 4.17. The van der Waals surface area contributed by atoms with Crippen LogP contribution in [0, 0.1) is 17.5 Å². The van der Waals surface area contributed by atoms with Gasteiger partial charge in [0.1, 0.15) is 4.90 Å². The molecule has 1 aliphatic rings. The summed E-state index contributed by atoms with van der Waals surface area (Å²) < 4.78 is 65.0. The Morgan fingerprint density at radius 2 is 1.80 bits per heavy atom. The Labute approximate surface area is 141 Å². The number of halogens is 3. The number of amides is 1. The van der Waals surface area contributed by atoms with Crippen molar-refractivity contribution in [3.05, 3.63) is 53.3 Å². The Balaban J connectivity index is 1.93. The summed E-state index contributed by atoms with van der Waals surface area (Å²) in [5.74, 6) is -5.34. The summed E-state index contributed by atoms with van der Waals surface area (Å²) in [6, 6.07) is 5.18. The third-order valence-electron chi connectivity index (χ3n) is 3.67. The van der Waals surface area contributed by atoms with Crippen molar-refractivity contribution in [3.8, 4) is 0 Å². The van der Waals surface area contributed by atoms with Gasteiger partial charge in [-0.25, -0.2) is 21.6 Å². The van der Waals surface area contributed by atoms with Crippen molar-refractivity contribution in [3.63, 3.8) is 0 Å². The fraction of sp³-hybridized carbons (Fsp3) is 0.133.